The molecule has 28 heavy (non-hydrogen) atoms. The van der Waals surface area contributed by atoms with E-state index in [4.69, 9.17) is 9.15 Å². The summed E-state index contributed by atoms with van der Waals surface area (Å²) >= 11 is 1.48. The first-order chi connectivity index (χ1) is 13.7. The molecule has 1 N–H and O–H groups in total. The molecule has 0 fully saturated rings. The van der Waals surface area contributed by atoms with Gasteiger partial charge < -0.3 is 14.1 Å². The number of benzene rings is 1. The highest BCUT2D eigenvalue weighted by atomic mass is 32.2. The fourth-order valence-corrected chi connectivity index (χ4v) is 4.27. The first-order valence-electron chi connectivity index (χ1n) is 9.59. The van der Waals surface area contributed by atoms with E-state index in [0.717, 1.165) is 59.7 Å². The average molecular weight is 398 g/mol. The second kappa shape index (κ2) is 8.22. The summed E-state index contributed by atoms with van der Waals surface area (Å²) in [4.78, 5) is 24.5. The van der Waals surface area contributed by atoms with Crippen molar-refractivity contribution in [3.63, 3.8) is 0 Å². The molecule has 4 rings (SSSR count). The van der Waals surface area contributed by atoms with Crippen LogP contribution < -0.4 is 10.3 Å². The number of nitrogens with one attached hydrogen (secondary N) is 1. The summed E-state index contributed by atoms with van der Waals surface area (Å²) in [6.07, 6.45) is 3.87. The topological polar surface area (TPSA) is 81.0 Å². The van der Waals surface area contributed by atoms with Crippen LogP contribution in [0.15, 0.2) is 38.6 Å². The van der Waals surface area contributed by atoms with Crippen molar-refractivity contribution in [2.24, 2.45) is 0 Å². The van der Waals surface area contributed by atoms with Crippen molar-refractivity contribution in [2.45, 2.75) is 50.4 Å². The number of hydrogen-bond acceptors (Lipinski definition) is 6. The van der Waals surface area contributed by atoms with Crippen molar-refractivity contribution in [1.82, 2.24) is 15.0 Å². The third kappa shape index (κ3) is 3.85. The number of aryl methyl sites for hydroxylation is 2. The number of H-pyrrole nitrogens is 1. The predicted molar refractivity (Wildman–Crippen MR) is 109 cm³/mol. The van der Waals surface area contributed by atoms with Gasteiger partial charge in [0.25, 0.3) is 5.56 Å². The lowest BCUT2D eigenvalue weighted by atomic mass is 9.97. The van der Waals surface area contributed by atoms with Gasteiger partial charge in [-0.3, -0.25) is 4.79 Å². The number of ether oxygens (including phenoxy) is 1. The van der Waals surface area contributed by atoms with Gasteiger partial charge in [0, 0.05) is 11.3 Å². The van der Waals surface area contributed by atoms with Gasteiger partial charge in [0.2, 0.25) is 5.89 Å². The number of fused-ring (bicyclic) bond motifs is 1. The molecule has 146 valence electrons. The number of para-hydroxylation sites is 1. The monoisotopic (exact) mass is 397 g/mol. The summed E-state index contributed by atoms with van der Waals surface area (Å²) in [5.41, 5.74) is 3.47. The molecule has 2 aromatic heterocycles. The highest BCUT2D eigenvalue weighted by molar-refractivity contribution is 7.98. The SMILES string of the molecule is CCOc1ccccc1-c1nc(CSc2nc3c(c(=O)[nH]2)CCCC3)c(C)o1. The minimum atomic E-state index is -0.00425. The Morgan fingerprint density at radius 3 is 2.89 bits per heavy atom. The summed E-state index contributed by atoms with van der Waals surface area (Å²) in [7, 11) is 0. The highest BCUT2D eigenvalue weighted by Crippen LogP contribution is 2.32. The maximum Gasteiger partial charge on any atom is 0.254 e. The summed E-state index contributed by atoms with van der Waals surface area (Å²) in [5.74, 6) is 2.64. The van der Waals surface area contributed by atoms with E-state index < -0.39 is 0 Å². The Hall–Kier alpha value is -2.54. The Kier molecular flexibility index (Phi) is 5.52. The Morgan fingerprint density at radius 2 is 2.04 bits per heavy atom. The molecule has 3 aromatic rings. The molecule has 0 amide bonds. The van der Waals surface area contributed by atoms with E-state index in [1.54, 1.807) is 0 Å². The van der Waals surface area contributed by atoms with Gasteiger partial charge in [-0.25, -0.2) is 9.97 Å². The van der Waals surface area contributed by atoms with E-state index in [-0.39, 0.29) is 5.56 Å². The van der Waals surface area contributed by atoms with Crippen molar-refractivity contribution in [3.05, 3.63) is 57.3 Å². The first-order valence-corrected chi connectivity index (χ1v) is 10.6. The second-order valence-electron chi connectivity index (χ2n) is 6.74. The third-order valence-corrected chi connectivity index (χ3v) is 5.71. The van der Waals surface area contributed by atoms with Crippen LogP contribution in [0.2, 0.25) is 0 Å². The lowest BCUT2D eigenvalue weighted by molar-refractivity contribution is 0.340. The Morgan fingerprint density at radius 1 is 1.21 bits per heavy atom. The molecule has 2 heterocycles. The molecule has 0 aliphatic heterocycles. The number of oxazole rings is 1. The Labute approximate surface area is 167 Å². The molecule has 1 aliphatic rings. The fourth-order valence-electron chi connectivity index (χ4n) is 3.39. The average Bonchev–Trinajstić information content (AvgIpc) is 3.07. The summed E-state index contributed by atoms with van der Waals surface area (Å²) in [6.45, 7) is 4.43. The number of nitrogens with zero attached hydrogens (tertiary/aromatic N) is 2. The fraction of sp³-hybridized carbons (Fsp3) is 0.381. The Balaban J connectivity index is 1.54. The standard InChI is InChI=1S/C21H23N3O3S/c1-3-26-18-11-7-5-9-15(18)20-22-17(13(2)27-20)12-28-21-23-16-10-6-4-8-14(16)19(25)24-21/h5,7,9,11H,3-4,6,8,10,12H2,1-2H3,(H,23,24,25). The molecule has 0 bridgehead atoms. The minimum Gasteiger partial charge on any atom is -0.493 e. The largest absolute Gasteiger partial charge is 0.493 e. The van der Waals surface area contributed by atoms with Crippen LogP contribution in [0.4, 0.5) is 0 Å². The number of aromatic nitrogens is 3. The predicted octanol–water partition coefficient (Wildman–Crippen LogP) is 4.30. The van der Waals surface area contributed by atoms with Crippen molar-refractivity contribution < 1.29 is 9.15 Å². The van der Waals surface area contributed by atoms with Crippen LogP contribution in [0.3, 0.4) is 0 Å². The van der Waals surface area contributed by atoms with E-state index >= 15 is 0 Å². The number of hydrogen-bond donors (Lipinski definition) is 1. The normalized spacial score (nSPS) is 13.4. The maximum atomic E-state index is 12.3. The number of rotatable bonds is 6. The van der Waals surface area contributed by atoms with Gasteiger partial charge in [0.05, 0.1) is 23.6 Å². The lowest BCUT2D eigenvalue weighted by Gasteiger charge is -2.14. The molecule has 0 spiro atoms. The molecule has 0 saturated carbocycles. The molecule has 6 nitrogen and oxygen atoms in total. The molecule has 0 saturated heterocycles. The summed E-state index contributed by atoms with van der Waals surface area (Å²) < 4.78 is 11.6. The van der Waals surface area contributed by atoms with Crippen LogP contribution in [-0.4, -0.2) is 21.6 Å². The van der Waals surface area contributed by atoms with Gasteiger partial charge in [-0.15, -0.1) is 0 Å². The molecular weight excluding hydrogens is 374 g/mol. The van der Waals surface area contributed by atoms with Gasteiger partial charge in [-0.05, 0) is 51.7 Å². The van der Waals surface area contributed by atoms with Crippen LogP contribution in [0, 0.1) is 6.92 Å². The van der Waals surface area contributed by atoms with Gasteiger partial charge in [0.1, 0.15) is 11.5 Å². The Bertz CT molecular complexity index is 1040. The minimum absolute atomic E-state index is 0.00425. The third-order valence-electron chi connectivity index (χ3n) is 4.83. The van der Waals surface area contributed by atoms with E-state index in [1.165, 1.54) is 11.8 Å². The van der Waals surface area contributed by atoms with Crippen LogP contribution in [0.1, 0.15) is 42.5 Å². The summed E-state index contributed by atoms with van der Waals surface area (Å²) in [6, 6.07) is 7.72. The summed E-state index contributed by atoms with van der Waals surface area (Å²) in [5, 5.41) is 0.643. The van der Waals surface area contributed by atoms with Crippen LogP contribution in [-0.2, 0) is 18.6 Å². The molecule has 0 atom stereocenters. The smallest absolute Gasteiger partial charge is 0.254 e. The first kappa shape index (κ1) is 18.8. The van der Waals surface area contributed by atoms with E-state index in [2.05, 4.69) is 15.0 Å². The van der Waals surface area contributed by atoms with Crippen LogP contribution >= 0.6 is 11.8 Å². The lowest BCUT2D eigenvalue weighted by Crippen LogP contribution is -2.21. The number of thioether (sulfide) groups is 1. The molecule has 1 aliphatic carbocycles. The zero-order valence-electron chi connectivity index (χ0n) is 16.1. The van der Waals surface area contributed by atoms with Crippen molar-refractivity contribution in [1.29, 1.82) is 0 Å². The van der Waals surface area contributed by atoms with Gasteiger partial charge >= 0.3 is 0 Å². The van der Waals surface area contributed by atoms with Crippen LogP contribution in [0.25, 0.3) is 11.5 Å². The van der Waals surface area contributed by atoms with Gasteiger partial charge in [0.15, 0.2) is 5.16 Å². The van der Waals surface area contributed by atoms with E-state index in [0.29, 0.717) is 23.4 Å². The zero-order chi connectivity index (χ0) is 19.5. The van der Waals surface area contributed by atoms with Crippen molar-refractivity contribution in [2.75, 3.05) is 6.61 Å². The molecule has 0 radical (unpaired) electrons. The molecular formula is C21H23N3O3S. The van der Waals surface area contributed by atoms with Crippen molar-refractivity contribution in [3.8, 4) is 17.2 Å². The van der Waals surface area contributed by atoms with Crippen LogP contribution in [0.5, 0.6) is 5.75 Å². The van der Waals surface area contributed by atoms with E-state index in [1.807, 2.05) is 38.1 Å². The molecule has 7 heteroatoms. The van der Waals surface area contributed by atoms with Crippen molar-refractivity contribution >= 4 is 11.8 Å². The zero-order valence-corrected chi connectivity index (χ0v) is 16.9. The number of aromatic amines is 1. The van der Waals surface area contributed by atoms with E-state index in [9.17, 15) is 4.79 Å². The van der Waals surface area contributed by atoms with Gasteiger partial charge in [-0.1, -0.05) is 23.9 Å². The maximum absolute atomic E-state index is 12.3. The molecule has 0 unspecified atom stereocenters. The van der Waals surface area contributed by atoms with Gasteiger partial charge in [-0.2, -0.15) is 0 Å². The second-order valence-corrected chi connectivity index (χ2v) is 7.71. The highest BCUT2D eigenvalue weighted by Gasteiger charge is 2.18. The quantitative estimate of drug-likeness (QED) is 0.493. The molecule has 1 aromatic carbocycles.